The molecule has 0 saturated carbocycles. The number of nitrogens with zero attached hydrogens (tertiary/aromatic N) is 3. The van der Waals surface area contributed by atoms with Crippen LogP contribution in [0.4, 0.5) is 10.5 Å². The van der Waals surface area contributed by atoms with Crippen molar-refractivity contribution < 1.29 is 14.3 Å². The lowest BCUT2D eigenvalue weighted by molar-refractivity contribution is 0.0526. The van der Waals surface area contributed by atoms with E-state index in [1.165, 1.54) is 5.56 Å². The summed E-state index contributed by atoms with van der Waals surface area (Å²) in [6.45, 7) is 8.84. The lowest BCUT2D eigenvalue weighted by atomic mass is 10.0. The van der Waals surface area contributed by atoms with Crippen molar-refractivity contribution in [1.29, 1.82) is 0 Å². The van der Waals surface area contributed by atoms with E-state index in [0.29, 0.717) is 38.3 Å². The van der Waals surface area contributed by atoms with E-state index in [-0.39, 0.29) is 18.0 Å². The minimum atomic E-state index is -0.358. The number of aromatic nitrogens is 1. The largest absolute Gasteiger partial charge is 0.462 e. The minimum Gasteiger partial charge on any atom is -0.462 e. The van der Waals surface area contributed by atoms with Crippen LogP contribution in [0.2, 0.25) is 0 Å². The molecule has 2 fully saturated rings. The van der Waals surface area contributed by atoms with Gasteiger partial charge in [-0.2, -0.15) is 0 Å². The normalized spacial score (nSPS) is 19.2. The predicted molar refractivity (Wildman–Crippen MR) is 103 cm³/mol. The van der Waals surface area contributed by atoms with Crippen LogP contribution in [0.5, 0.6) is 0 Å². The van der Waals surface area contributed by atoms with Gasteiger partial charge in [0.15, 0.2) is 0 Å². The Hall–Kier alpha value is -2.83. The summed E-state index contributed by atoms with van der Waals surface area (Å²) < 4.78 is 5.28. The number of ether oxygens (including phenoxy) is 1. The fraction of sp³-hybridized carbons (Fsp3) is 0.450. The number of rotatable bonds is 3. The van der Waals surface area contributed by atoms with Crippen LogP contribution in [0.1, 0.15) is 28.4 Å². The number of nitrogens with one attached hydrogen (secondary N) is 1. The first kappa shape index (κ1) is 17.6. The quantitative estimate of drug-likeness (QED) is 0.841. The SMILES string of the molecule is CCOC(=O)c1cnc2c(C)c(C)ccc2c1N1CCN2C(=O)NCC2C1. The number of hydrogen-bond acceptors (Lipinski definition) is 5. The zero-order chi connectivity index (χ0) is 19.1. The van der Waals surface area contributed by atoms with Crippen LogP contribution in [-0.2, 0) is 4.74 Å². The van der Waals surface area contributed by atoms with Crippen LogP contribution in [0.15, 0.2) is 18.3 Å². The van der Waals surface area contributed by atoms with E-state index in [4.69, 9.17) is 4.74 Å². The van der Waals surface area contributed by atoms with E-state index >= 15 is 0 Å². The molecule has 2 saturated heterocycles. The van der Waals surface area contributed by atoms with Crippen molar-refractivity contribution >= 4 is 28.6 Å². The van der Waals surface area contributed by atoms with Crippen molar-refractivity contribution in [3.8, 4) is 0 Å². The maximum atomic E-state index is 12.6. The summed E-state index contributed by atoms with van der Waals surface area (Å²) in [5.74, 6) is -0.358. The highest BCUT2D eigenvalue weighted by Gasteiger charge is 2.37. The number of esters is 1. The van der Waals surface area contributed by atoms with Crippen molar-refractivity contribution in [3.63, 3.8) is 0 Å². The molecule has 1 aromatic heterocycles. The number of pyridine rings is 1. The average molecular weight is 368 g/mol. The van der Waals surface area contributed by atoms with Crippen molar-refractivity contribution in [2.45, 2.75) is 26.8 Å². The molecule has 1 atom stereocenters. The monoisotopic (exact) mass is 368 g/mol. The van der Waals surface area contributed by atoms with Gasteiger partial charge < -0.3 is 19.9 Å². The molecule has 7 nitrogen and oxygen atoms in total. The van der Waals surface area contributed by atoms with E-state index in [1.807, 2.05) is 11.0 Å². The van der Waals surface area contributed by atoms with Gasteiger partial charge in [0, 0.05) is 37.8 Å². The Morgan fingerprint density at radius 3 is 2.93 bits per heavy atom. The molecule has 2 amide bonds. The van der Waals surface area contributed by atoms with Gasteiger partial charge in [-0.25, -0.2) is 9.59 Å². The molecule has 27 heavy (non-hydrogen) atoms. The highest BCUT2D eigenvalue weighted by atomic mass is 16.5. The fourth-order valence-electron chi connectivity index (χ4n) is 4.00. The Bertz CT molecular complexity index is 927. The maximum Gasteiger partial charge on any atom is 0.341 e. The Kier molecular flexibility index (Phi) is 4.37. The predicted octanol–water partition coefficient (Wildman–Crippen LogP) is 2.24. The number of carbonyl (C=O) groups excluding carboxylic acids is 2. The van der Waals surface area contributed by atoms with Gasteiger partial charge in [0.2, 0.25) is 0 Å². The molecule has 7 heteroatoms. The van der Waals surface area contributed by atoms with Crippen LogP contribution in [0, 0.1) is 13.8 Å². The van der Waals surface area contributed by atoms with E-state index in [0.717, 1.165) is 22.2 Å². The third kappa shape index (κ3) is 2.87. The number of benzene rings is 1. The molecule has 0 aliphatic carbocycles. The molecule has 1 unspecified atom stereocenters. The molecule has 142 valence electrons. The third-order valence-electron chi connectivity index (χ3n) is 5.58. The lowest BCUT2D eigenvalue weighted by Gasteiger charge is -2.38. The lowest BCUT2D eigenvalue weighted by Crippen LogP contribution is -2.52. The second-order valence-electron chi connectivity index (χ2n) is 7.12. The summed E-state index contributed by atoms with van der Waals surface area (Å²) in [7, 11) is 0. The van der Waals surface area contributed by atoms with Crippen molar-refractivity contribution in [2.24, 2.45) is 0 Å². The zero-order valence-corrected chi connectivity index (χ0v) is 15.9. The number of hydrogen-bond donors (Lipinski definition) is 1. The van der Waals surface area contributed by atoms with Crippen molar-refractivity contribution in [1.82, 2.24) is 15.2 Å². The average Bonchev–Trinajstić information content (AvgIpc) is 3.04. The summed E-state index contributed by atoms with van der Waals surface area (Å²) in [6, 6.07) is 4.20. The first-order chi connectivity index (χ1) is 13.0. The number of carbonyl (C=O) groups is 2. The standard InChI is InChI=1S/C20H24N4O3/c1-4-27-19(25)16-10-21-17-13(3)12(2)5-6-15(17)18(16)23-7-8-24-14(11-23)9-22-20(24)26/h5-6,10,14H,4,7-9,11H2,1-3H3,(H,22,26). The first-order valence-corrected chi connectivity index (χ1v) is 9.36. The molecular formula is C20H24N4O3. The maximum absolute atomic E-state index is 12.6. The van der Waals surface area contributed by atoms with Gasteiger partial charge in [-0.1, -0.05) is 12.1 Å². The second kappa shape index (κ2) is 6.72. The van der Waals surface area contributed by atoms with Gasteiger partial charge in [-0.3, -0.25) is 4.98 Å². The molecular weight excluding hydrogens is 344 g/mol. The summed E-state index contributed by atoms with van der Waals surface area (Å²) >= 11 is 0. The Balaban J connectivity index is 1.83. The van der Waals surface area contributed by atoms with Gasteiger partial charge in [-0.15, -0.1) is 0 Å². The number of urea groups is 1. The fourth-order valence-corrected chi connectivity index (χ4v) is 4.00. The summed E-state index contributed by atoms with van der Waals surface area (Å²) in [5, 5.41) is 3.85. The summed E-state index contributed by atoms with van der Waals surface area (Å²) in [5.41, 5.74) is 4.53. The number of anilines is 1. The Morgan fingerprint density at radius 2 is 2.15 bits per heavy atom. The van der Waals surface area contributed by atoms with Gasteiger partial charge in [0.25, 0.3) is 0 Å². The topological polar surface area (TPSA) is 74.8 Å². The van der Waals surface area contributed by atoms with E-state index < -0.39 is 0 Å². The van der Waals surface area contributed by atoms with Gasteiger partial charge >= 0.3 is 12.0 Å². The highest BCUT2D eigenvalue weighted by molar-refractivity contribution is 6.06. The van der Waals surface area contributed by atoms with E-state index in [9.17, 15) is 9.59 Å². The molecule has 0 bridgehead atoms. The number of fused-ring (bicyclic) bond motifs is 2. The molecule has 3 heterocycles. The molecule has 2 aliphatic rings. The van der Waals surface area contributed by atoms with Crippen LogP contribution < -0.4 is 10.2 Å². The molecule has 1 aromatic carbocycles. The molecule has 2 aliphatic heterocycles. The zero-order valence-electron chi connectivity index (χ0n) is 15.9. The van der Waals surface area contributed by atoms with Crippen molar-refractivity contribution in [3.05, 3.63) is 35.0 Å². The second-order valence-corrected chi connectivity index (χ2v) is 7.12. The smallest absolute Gasteiger partial charge is 0.341 e. The van der Waals surface area contributed by atoms with Crippen LogP contribution >= 0.6 is 0 Å². The Labute approximate surface area is 158 Å². The summed E-state index contributed by atoms with van der Waals surface area (Å²) in [6.07, 6.45) is 1.63. The van der Waals surface area contributed by atoms with E-state index in [1.54, 1.807) is 13.1 Å². The Morgan fingerprint density at radius 1 is 1.33 bits per heavy atom. The summed E-state index contributed by atoms with van der Waals surface area (Å²) in [4.78, 5) is 33.2. The number of piperazine rings is 1. The molecule has 0 radical (unpaired) electrons. The highest BCUT2D eigenvalue weighted by Crippen LogP contribution is 2.34. The van der Waals surface area contributed by atoms with E-state index in [2.05, 4.69) is 35.1 Å². The van der Waals surface area contributed by atoms with Crippen LogP contribution in [-0.4, -0.2) is 60.7 Å². The van der Waals surface area contributed by atoms with Crippen LogP contribution in [0.3, 0.4) is 0 Å². The molecule has 0 spiro atoms. The van der Waals surface area contributed by atoms with Crippen molar-refractivity contribution in [2.75, 3.05) is 37.7 Å². The minimum absolute atomic E-state index is 0.00341. The van der Waals surface area contributed by atoms with Crippen LogP contribution in [0.25, 0.3) is 10.9 Å². The molecule has 1 N–H and O–H groups in total. The van der Waals surface area contributed by atoms with Gasteiger partial charge in [0.05, 0.1) is 23.9 Å². The molecule has 2 aromatic rings. The third-order valence-corrected chi connectivity index (χ3v) is 5.58. The van der Waals surface area contributed by atoms with Gasteiger partial charge in [-0.05, 0) is 31.9 Å². The number of aryl methyl sites for hydroxylation is 2. The number of amides is 2. The first-order valence-electron chi connectivity index (χ1n) is 9.36. The molecule has 4 rings (SSSR count). The van der Waals surface area contributed by atoms with Gasteiger partial charge in [0.1, 0.15) is 5.56 Å².